The third-order valence-electron chi connectivity index (χ3n) is 3.16. The summed E-state index contributed by atoms with van der Waals surface area (Å²) in [6.07, 6.45) is 3.28. The van der Waals surface area contributed by atoms with Crippen LogP contribution in [0.25, 0.3) is 0 Å². The van der Waals surface area contributed by atoms with Gasteiger partial charge < -0.3 is 5.32 Å². The average molecular weight is 244 g/mol. The van der Waals surface area contributed by atoms with Crippen LogP contribution in [0.1, 0.15) is 26.3 Å². The second-order valence-corrected chi connectivity index (χ2v) is 4.97. The molecule has 0 bridgehead atoms. The van der Waals surface area contributed by atoms with Gasteiger partial charge in [-0.3, -0.25) is 0 Å². The van der Waals surface area contributed by atoms with Crippen molar-refractivity contribution in [2.45, 2.75) is 33.4 Å². The number of anilines is 1. The highest BCUT2D eigenvalue weighted by atomic mass is 15.3. The van der Waals surface area contributed by atoms with E-state index in [4.69, 9.17) is 0 Å². The van der Waals surface area contributed by atoms with Crippen molar-refractivity contribution >= 4 is 5.69 Å². The molecule has 0 fully saturated rings. The molecule has 0 aliphatic carbocycles. The average Bonchev–Trinajstić information content (AvgIpc) is 2.84. The van der Waals surface area contributed by atoms with Crippen LogP contribution < -0.4 is 5.32 Å². The Bertz CT molecular complexity index is 459. The molecule has 0 spiro atoms. The summed E-state index contributed by atoms with van der Waals surface area (Å²) >= 11 is 0. The molecule has 0 aliphatic heterocycles. The zero-order chi connectivity index (χ0) is 13.0. The molecule has 0 aliphatic rings. The Morgan fingerprint density at radius 2 is 1.89 bits per heavy atom. The molecule has 4 nitrogen and oxygen atoms in total. The Hall–Kier alpha value is -1.84. The van der Waals surface area contributed by atoms with Crippen LogP contribution in [-0.2, 0) is 6.54 Å². The van der Waals surface area contributed by atoms with Crippen molar-refractivity contribution in [2.75, 3.05) is 5.32 Å². The fraction of sp³-hybridized carbons (Fsp3) is 0.429. The smallest absolute Gasteiger partial charge is 0.137 e. The van der Waals surface area contributed by atoms with Gasteiger partial charge >= 0.3 is 0 Å². The molecular weight excluding hydrogens is 224 g/mol. The number of rotatable bonds is 5. The van der Waals surface area contributed by atoms with Gasteiger partial charge in [0.2, 0.25) is 0 Å². The van der Waals surface area contributed by atoms with Crippen LogP contribution in [0.15, 0.2) is 36.9 Å². The Labute approximate surface area is 108 Å². The Balaban J connectivity index is 1.97. The van der Waals surface area contributed by atoms with Gasteiger partial charge in [-0.15, -0.1) is 0 Å². The first-order valence-corrected chi connectivity index (χ1v) is 6.33. The predicted molar refractivity (Wildman–Crippen MR) is 73.5 cm³/mol. The van der Waals surface area contributed by atoms with Crippen molar-refractivity contribution in [1.29, 1.82) is 0 Å². The summed E-state index contributed by atoms with van der Waals surface area (Å²) in [6, 6.07) is 8.95. The highest BCUT2D eigenvalue weighted by molar-refractivity contribution is 5.45. The molecule has 0 saturated carbocycles. The number of aromatic nitrogens is 3. The van der Waals surface area contributed by atoms with E-state index in [9.17, 15) is 0 Å². The number of nitrogens with zero attached hydrogens (tertiary/aromatic N) is 3. The minimum Gasteiger partial charge on any atom is -0.382 e. The van der Waals surface area contributed by atoms with E-state index < -0.39 is 0 Å². The van der Waals surface area contributed by atoms with Gasteiger partial charge in [-0.1, -0.05) is 26.0 Å². The molecule has 1 atom stereocenters. The van der Waals surface area contributed by atoms with Crippen molar-refractivity contribution in [3.8, 4) is 0 Å². The first-order chi connectivity index (χ1) is 8.65. The van der Waals surface area contributed by atoms with Crippen LogP contribution in [-0.4, -0.2) is 20.8 Å². The summed E-state index contributed by atoms with van der Waals surface area (Å²) in [4.78, 5) is 3.93. The number of nitrogens with one attached hydrogen (secondary N) is 1. The van der Waals surface area contributed by atoms with Crippen molar-refractivity contribution in [2.24, 2.45) is 5.92 Å². The normalized spacial score (nSPS) is 12.7. The zero-order valence-corrected chi connectivity index (χ0v) is 11.2. The van der Waals surface area contributed by atoms with Gasteiger partial charge in [-0.25, -0.2) is 9.67 Å². The van der Waals surface area contributed by atoms with Crippen LogP contribution >= 0.6 is 0 Å². The maximum Gasteiger partial charge on any atom is 0.137 e. The highest BCUT2D eigenvalue weighted by Gasteiger charge is 2.06. The summed E-state index contributed by atoms with van der Waals surface area (Å²) < 4.78 is 1.82. The van der Waals surface area contributed by atoms with E-state index in [0.717, 1.165) is 6.54 Å². The number of hydrogen-bond donors (Lipinski definition) is 1. The second-order valence-electron chi connectivity index (χ2n) is 4.97. The molecule has 4 heteroatoms. The molecule has 1 N–H and O–H groups in total. The van der Waals surface area contributed by atoms with Crippen molar-refractivity contribution < 1.29 is 0 Å². The largest absolute Gasteiger partial charge is 0.382 e. The fourth-order valence-electron chi connectivity index (χ4n) is 1.64. The summed E-state index contributed by atoms with van der Waals surface area (Å²) in [5, 5.41) is 7.59. The molecule has 1 heterocycles. The minimum atomic E-state index is 0.478. The van der Waals surface area contributed by atoms with Gasteiger partial charge in [-0.2, -0.15) is 5.10 Å². The molecule has 1 aromatic carbocycles. The molecular formula is C14H20N4. The zero-order valence-electron chi connectivity index (χ0n) is 11.2. The Morgan fingerprint density at radius 1 is 1.17 bits per heavy atom. The van der Waals surface area contributed by atoms with Gasteiger partial charge in [0.1, 0.15) is 12.7 Å². The molecule has 1 aromatic heterocycles. The van der Waals surface area contributed by atoms with E-state index in [2.05, 4.69) is 60.4 Å². The quantitative estimate of drug-likeness (QED) is 0.879. The van der Waals surface area contributed by atoms with Crippen molar-refractivity contribution in [1.82, 2.24) is 14.8 Å². The van der Waals surface area contributed by atoms with E-state index in [1.54, 1.807) is 12.7 Å². The number of hydrogen-bond acceptors (Lipinski definition) is 3. The first-order valence-electron chi connectivity index (χ1n) is 6.33. The summed E-state index contributed by atoms with van der Waals surface area (Å²) in [6.45, 7) is 7.40. The van der Waals surface area contributed by atoms with Gasteiger partial charge in [0, 0.05) is 11.7 Å². The standard InChI is InChI=1S/C14H20N4/c1-11(2)12(3)17-14-6-4-13(5-7-14)8-18-10-15-9-16-18/h4-7,9-12,17H,8H2,1-3H3. The maximum atomic E-state index is 4.10. The molecule has 2 rings (SSSR count). The molecule has 18 heavy (non-hydrogen) atoms. The second kappa shape index (κ2) is 5.67. The van der Waals surface area contributed by atoms with Crippen LogP contribution in [0.3, 0.4) is 0 Å². The van der Waals surface area contributed by atoms with E-state index in [1.807, 2.05) is 4.68 Å². The highest BCUT2D eigenvalue weighted by Crippen LogP contribution is 2.14. The molecule has 2 aromatic rings. The van der Waals surface area contributed by atoms with Gasteiger partial charge in [0.05, 0.1) is 6.54 Å². The van der Waals surface area contributed by atoms with Crippen molar-refractivity contribution in [3.05, 3.63) is 42.5 Å². The molecule has 1 unspecified atom stereocenters. The van der Waals surface area contributed by atoms with Crippen molar-refractivity contribution in [3.63, 3.8) is 0 Å². The Kier molecular flexibility index (Phi) is 3.97. The van der Waals surface area contributed by atoms with Gasteiger partial charge in [-0.05, 0) is 30.5 Å². The lowest BCUT2D eigenvalue weighted by Crippen LogP contribution is -2.21. The summed E-state index contributed by atoms with van der Waals surface area (Å²) in [5.41, 5.74) is 2.39. The third kappa shape index (κ3) is 3.32. The van der Waals surface area contributed by atoms with E-state index in [-0.39, 0.29) is 0 Å². The lowest BCUT2D eigenvalue weighted by molar-refractivity contribution is 0.560. The first kappa shape index (κ1) is 12.6. The van der Waals surface area contributed by atoms with Crippen LogP contribution in [0.5, 0.6) is 0 Å². The SMILES string of the molecule is CC(C)C(C)Nc1ccc(Cn2cncn2)cc1. The molecule has 0 saturated heterocycles. The maximum absolute atomic E-state index is 4.10. The van der Waals surface area contributed by atoms with E-state index >= 15 is 0 Å². The monoisotopic (exact) mass is 244 g/mol. The molecule has 0 amide bonds. The lowest BCUT2D eigenvalue weighted by Gasteiger charge is -2.18. The Morgan fingerprint density at radius 3 is 2.44 bits per heavy atom. The third-order valence-corrected chi connectivity index (χ3v) is 3.16. The summed E-state index contributed by atoms with van der Waals surface area (Å²) in [7, 11) is 0. The van der Waals surface area contributed by atoms with Gasteiger partial charge in [0.25, 0.3) is 0 Å². The van der Waals surface area contributed by atoms with Crippen LogP contribution in [0.2, 0.25) is 0 Å². The lowest BCUT2D eigenvalue weighted by atomic mass is 10.1. The predicted octanol–water partition coefficient (Wildman–Crippen LogP) is 2.78. The van der Waals surface area contributed by atoms with Crippen LogP contribution in [0, 0.1) is 5.92 Å². The molecule has 0 radical (unpaired) electrons. The molecule has 96 valence electrons. The topological polar surface area (TPSA) is 42.7 Å². The number of benzene rings is 1. The van der Waals surface area contributed by atoms with Crippen LogP contribution in [0.4, 0.5) is 5.69 Å². The van der Waals surface area contributed by atoms with Gasteiger partial charge in [0.15, 0.2) is 0 Å². The van der Waals surface area contributed by atoms with E-state index in [0.29, 0.717) is 12.0 Å². The fourth-order valence-corrected chi connectivity index (χ4v) is 1.64. The minimum absolute atomic E-state index is 0.478. The summed E-state index contributed by atoms with van der Waals surface area (Å²) in [5.74, 6) is 0.625. The van der Waals surface area contributed by atoms with E-state index in [1.165, 1.54) is 11.3 Å².